The van der Waals surface area contributed by atoms with Gasteiger partial charge in [-0.1, -0.05) is 23.2 Å². The number of Topliss-reactive ketones (excluding diaryl/α,β-unsaturated/α-hetero) is 1. The Morgan fingerprint density at radius 2 is 1.84 bits per heavy atom. The summed E-state index contributed by atoms with van der Waals surface area (Å²) < 4.78 is 5.16. The maximum absolute atomic E-state index is 13.1. The van der Waals surface area contributed by atoms with E-state index in [0.29, 0.717) is 0 Å². The molecule has 164 valence electrons. The molecule has 1 N–H and O–H groups in total. The van der Waals surface area contributed by atoms with Gasteiger partial charge in [-0.25, -0.2) is 0 Å². The number of carbonyl (C=O) groups excluding carboxylic acids is 2. The molecule has 4 rings (SSSR count). The first-order chi connectivity index (χ1) is 15.3. The lowest BCUT2D eigenvalue weighted by molar-refractivity contribution is -0.140. The summed E-state index contributed by atoms with van der Waals surface area (Å²) in [6, 6.07) is 7.63. The number of halogens is 2. The van der Waals surface area contributed by atoms with Crippen molar-refractivity contribution in [2.24, 2.45) is 0 Å². The molecule has 1 aliphatic heterocycles. The van der Waals surface area contributed by atoms with Crippen LogP contribution in [0.5, 0.6) is 5.75 Å². The molecule has 1 aliphatic rings. The highest BCUT2D eigenvalue weighted by molar-refractivity contribution is 7.10. The van der Waals surface area contributed by atoms with E-state index in [2.05, 4.69) is 4.98 Å². The van der Waals surface area contributed by atoms with E-state index >= 15 is 0 Å². The number of aromatic nitrogens is 1. The maximum atomic E-state index is 13.1. The largest absolute Gasteiger partial charge is 0.507 e. The van der Waals surface area contributed by atoms with Gasteiger partial charge in [-0.05, 0) is 53.8 Å². The smallest absolute Gasteiger partial charge is 0.295 e. The number of carbonyl (C=O) groups is 2. The lowest BCUT2D eigenvalue weighted by Crippen LogP contribution is -2.29. The molecule has 0 spiro atoms. The monoisotopic (exact) mass is 488 g/mol. The third-order valence-corrected chi connectivity index (χ3v) is 6.90. The number of aryl methyl sites for hydroxylation is 1. The molecule has 0 aliphatic carbocycles. The summed E-state index contributed by atoms with van der Waals surface area (Å²) in [5.41, 5.74) is 1.95. The number of hydrogen-bond acceptors (Lipinski definition) is 6. The second kappa shape index (κ2) is 8.94. The number of nitrogens with zero attached hydrogens (tertiary/aromatic N) is 2. The van der Waals surface area contributed by atoms with Crippen molar-refractivity contribution in [2.75, 3.05) is 7.11 Å². The number of hydrogen-bond donors (Lipinski definition) is 1. The molecule has 2 aromatic heterocycles. The van der Waals surface area contributed by atoms with Crippen LogP contribution in [0.1, 0.15) is 27.6 Å². The number of ketones is 1. The molecule has 1 amide bonds. The van der Waals surface area contributed by atoms with E-state index in [4.69, 9.17) is 27.9 Å². The van der Waals surface area contributed by atoms with Gasteiger partial charge in [0, 0.05) is 29.4 Å². The molecule has 1 unspecified atom stereocenters. The van der Waals surface area contributed by atoms with E-state index in [1.54, 1.807) is 24.5 Å². The lowest BCUT2D eigenvalue weighted by atomic mass is 9.98. The van der Waals surface area contributed by atoms with Crippen LogP contribution >= 0.6 is 34.5 Å². The maximum Gasteiger partial charge on any atom is 0.295 e. The predicted molar refractivity (Wildman–Crippen MR) is 124 cm³/mol. The Labute approximate surface area is 198 Å². The highest BCUT2D eigenvalue weighted by Crippen LogP contribution is 2.44. The summed E-state index contributed by atoms with van der Waals surface area (Å²) in [5.74, 6) is -1.54. The van der Waals surface area contributed by atoms with Crippen LogP contribution in [-0.2, 0) is 16.1 Å². The van der Waals surface area contributed by atoms with Gasteiger partial charge in [0.2, 0.25) is 0 Å². The van der Waals surface area contributed by atoms with Crippen LogP contribution in [-0.4, -0.2) is 33.8 Å². The van der Waals surface area contributed by atoms with Crippen LogP contribution in [0.15, 0.2) is 53.7 Å². The van der Waals surface area contributed by atoms with Gasteiger partial charge in [0.25, 0.3) is 11.7 Å². The number of rotatable bonds is 5. The molecule has 0 bridgehead atoms. The van der Waals surface area contributed by atoms with E-state index in [1.165, 1.54) is 35.5 Å². The fourth-order valence-electron chi connectivity index (χ4n) is 3.71. The fraction of sp³-hybridized carbons (Fsp3) is 0.174. The Kier molecular flexibility index (Phi) is 6.24. The van der Waals surface area contributed by atoms with Crippen LogP contribution in [0, 0.1) is 6.92 Å². The average Bonchev–Trinajstić information content (AvgIpc) is 3.29. The first-order valence-electron chi connectivity index (χ1n) is 9.58. The van der Waals surface area contributed by atoms with Gasteiger partial charge >= 0.3 is 0 Å². The normalized spacial score (nSPS) is 17.8. The first kappa shape index (κ1) is 22.3. The van der Waals surface area contributed by atoms with Crippen LogP contribution in [0.25, 0.3) is 5.76 Å². The second-order valence-electron chi connectivity index (χ2n) is 7.22. The third kappa shape index (κ3) is 3.88. The highest BCUT2D eigenvalue weighted by atomic mass is 35.5. The summed E-state index contributed by atoms with van der Waals surface area (Å²) in [5, 5.41) is 13.4. The van der Waals surface area contributed by atoms with Gasteiger partial charge in [0.1, 0.15) is 11.8 Å². The number of likely N-dealkylation sites (tertiary alicyclic amines) is 1. The van der Waals surface area contributed by atoms with Gasteiger partial charge < -0.3 is 14.7 Å². The standard InChI is InChI=1S/C23H18Cl2N2O4S/c1-12-5-8-32-22(12)18-17(19(28)14-9-15(24)21(31-2)16(25)10-14)20(29)23(30)27(18)11-13-3-6-26-7-4-13/h3-10,18,28H,11H2,1-2H3/b19-17-. The molecule has 3 aromatic rings. The topological polar surface area (TPSA) is 79.7 Å². The lowest BCUT2D eigenvalue weighted by Gasteiger charge is -2.25. The molecule has 9 heteroatoms. The summed E-state index contributed by atoms with van der Waals surface area (Å²) in [6.07, 6.45) is 3.25. The number of pyridine rings is 1. The minimum absolute atomic E-state index is 0.00749. The van der Waals surface area contributed by atoms with Gasteiger partial charge in [0.05, 0.1) is 22.7 Å². The molecule has 6 nitrogen and oxygen atoms in total. The zero-order valence-electron chi connectivity index (χ0n) is 17.1. The quantitative estimate of drug-likeness (QED) is 0.295. The molecule has 3 heterocycles. The zero-order valence-corrected chi connectivity index (χ0v) is 19.5. The van der Waals surface area contributed by atoms with Crippen LogP contribution < -0.4 is 4.74 Å². The second-order valence-corrected chi connectivity index (χ2v) is 8.99. The predicted octanol–water partition coefficient (Wildman–Crippen LogP) is 5.39. The van der Waals surface area contributed by atoms with E-state index < -0.39 is 17.7 Å². The summed E-state index contributed by atoms with van der Waals surface area (Å²) in [4.78, 5) is 32.4. The molecule has 1 fully saturated rings. The van der Waals surface area contributed by atoms with Gasteiger partial charge in [-0.2, -0.15) is 0 Å². The van der Waals surface area contributed by atoms with E-state index in [1.807, 2.05) is 18.4 Å². The van der Waals surface area contributed by atoms with Crippen molar-refractivity contribution < 1.29 is 19.4 Å². The van der Waals surface area contributed by atoms with E-state index in [-0.39, 0.29) is 39.2 Å². The Morgan fingerprint density at radius 1 is 1.19 bits per heavy atom. The van der Waals surface area contributed by atoms with E-state index in [9.17, 15) is 14.7 Å². The SMILES string of the molecule is COc1c(Cl)cc(/C(O)=C2/C(=O)C(=O)N(Cc3ccncc3)C2c2sccc2C)cc1Cl. The minimum atomic E-state index is -0.766. The summed E-state index contributed by atoms with van der Waals surface area (Å²) in [7, 11) is 1.43. The van der Waals surface area contributed by atoms with Crippen molar-refractivity contribution in [3.8, 4) is 5.75 Å². The van der Waals surface area contributed by atoms with E-state index in [0.717, 1.165) is 16.0 Å². The summed E-state index contributed by atoms with van der Waals surface area (Å²) >= 11 is 13.9. The van der Waals surface area contributed by atoms with Crippen molar-refractivity contribution in [1.82, 2.24) is 9.88 Å². The van der Waals surface area contributed by atoms with Crippen molar-refractivity contribution in [3.05, 3.63) is 85.3 Å². The molecule has 1 saturated heterocycles. The molecule has 1 atom stereocenters. The van der Waals surface area contributed by atoms with Gasteiger partial charge in [-0.3, -0.25) is 14.6 Å². The first-order valence-corrected chi connectivity index (χ1v) is 11.2. The fourth-order valence-corrected chi connectivity index (χ4v) is 5.40. The number of benzene rings is 1. The third-order valence-electron chi connectivity index (χ3n) is 5.27. The number of methoxy groups -OCH3 is 1. The molecule has 32 heavy (non-hydrogen) atoms. The summed E-state index contributed by atoms with van der Waals surface area (Å²) in [6.45, 7) is 2.09. The number of aliphatic hydroxyl groups excluding tert-OH is 1. The number of aliphatic hydroxyl groups is 1. The molecule has 0 radical (unpaired) electrons. The number of thiophene rings is 1. The molecule has 0 saturated carbocycles. The minimum Gasteiger partial charge on any atom is -0.507 e. The Hall–Kier alpha value is -2.87. The van der Waals surface area contributed by atoms with Crippen LogP contribution in [0.4, 0.5) is 0 Å². The Morgan fingerprint density at radius 3 is 2.41 bits per heavy atom. The zero-order chi connectivity index (χ0) is 23.0. The van der Waals surface area contributed by atoms with Crippen LogP contribution in [0.3, 0.4) is 0 Å². The Balaban J connectivity index is 1.89. The molecule has 1 aromatic carbocycles. The van der Waals surface area contributed by atoms with Gasteiger partial charge in [-0.15, -0.1) is 11.3 Å². The van der Waals surface area contributed by atoms with Crippen LogP contribution in [0.2, 0.25) is 10.0 Å². The molecular weight excluding hydrogens is 471 g/mol. The van der Waals surface area contributed by atoms with Crippen molar-refractivity contribution in [3.63, 3.8) is 0 Å². The number of ether oxygens (including phenoxy) is 1. The highest BCUT2D eigenvalue weighted by Gasteiger charge is 2.47. The Bertz CT molecular complexity index is 1220. The van der Waals surface area contributed by atoms with Crippen molar-refractivity contribution >= 4 is 52.0 Å². The average molecular weight is 489 g/mol. The molecular formula is C23H18Cl2N2O4S. The van der Waals surface area contributed by atoms with Crippen molar-refractivity contribution in [2.45, 2.75) is 19.5 Å². The number of amides is 1. The van der Waals surface area contributed by atoms with Crippen molar-refractivity contribution in [1.29, 1.82) is 0 Å². The van der Waals surface area contributed by atoms with Gasteiger partial charge in [0.15, 0.2) is 5.75 Å².